The number of H-pyrrole nitrogens is 1. The number of amides is 1. The number of hydrogen-bond donors (Lipinski definition) is 2. The number of anilines is 1. The molecule has 0 saturated carbocycles. The Morgan fingerprint density at radius 3 is 2.95 bits per heavy atom. The first-order chi connectivity index (χ1) is 9.24. The lowest BCUT2D eigenvalue weighted by atomic mass is 10.2. The molecule has 0 aliphatic heterocycles. The topological polar surface area (TPSA) is 67.0 Å². The zero-order valence-corrected chi connectivity index (χ0v) is 11.2. The zero-order chi connectivity index (χ0) is 13.7. The Bertz CT molecular complexity index is 555. The summed E-state index contributed by atoms with van der Waals surface area (Å²) >= 11 is 5.87. The summed E-state index contributed by atoms with van der Waals surface area (Å²) in [6.07, 6.45) is 1.53. The predicted octanol–water partition coefficient (Wildman–Crippen LogP) is 2.80. The lowest BCUT2D eigenvalue weighted by Crippen LogP contribution is -2.12. The third-order valence-corrected chi connectivity index (χ3v) is 2.80. The molecule has 1 aromatic carbocycles. The molecule has 5 nitrogen and oxygen atoms in total. The number of ether oxygens (including phenoxy) is 1. The molecule has 0 saturated heterocycles. The van der Waals surface area contributed by atoms with Crippen LogP contribution in [0.2, 0.25) is 0 Å². The van der Waals surface area contributed by atoms with Crippen molar-refractivity contribution in [1.82, 2.24) is 10.2 Å². The van der Waals surface area contributed by atoms with E-state index in [-0.39, 0.29) is 5.91 Å². The van der Waals surface area contributed by atoms with Gasteiger partial charge in [0.05, 0.1) is 12.5 Å². The van der Waals surface area contributed by atoms with Crippen LogP contribution in [-0.4, -0.2) is 22.7 Å². The normalized spacial score (nSPS) is 10.2. The molecule has 6 heteroatoms. The van der Waals surface area contributed by atoms with Crippen LogP contribution >= 0.6 is 11.6 Å². The van der Waals surface area contributed by atoms with Crippen LogP contribution < -0.4 is 10.1 Å². The van der Waals surface area contributed by atoms with Gasteiger partial charge in [-0.1, -0.05) is 0 Å². The van der Waals surface area contributed by atoms with Crippen molar-refractivity contribution in [3.63, 3.8) is 0 Å². The summed E-state index contributed by atoms with van der Waals surface area (Å²) in [4.78, 5) is 11.8. The van der Waals surface area contributed by atoms with Crippen LogP contribution in [0, 0.1) is 0 Å². The van der Waals surface area contributed by atoms with Gasteiger partial charge in [-0.05, 0) is 31.2 Å². The van der Waals surface area contributed by atoms with Gasteiger partial charge in [0.1, 0.15) is 11.4 Å². The maximum Gasteiger partial charge on any atom is 0.273 e. The molecule has 1 heterocycles. The molecule has 2 rings (SSSR count). The van der Waals surface area contributed by atoms with Crippen LogP contribution in [0.4, 0.5) is 5.69 Å². The van der Waals surface area contributed by atoms with E-state index in [1.165, 1.54) is 6.20 Å². The molecule has 0 aliphatic rings. The summed E-state index contributed by atoms with van der Waals surface area (Å²) < 4.78 is 5.45. The predicted molar refractivity (Wildman–Crippen MR) is 73.7 cm³/mol. The van der Waals surface area contributed by atoms with Crippen LogP contribution in [0.1, 0.15) is 23.0 Å². The number of aromatic amines is 1. The van der Waals surface area contributed by atoms with Gasteiger partial charge in [-0.15, -0.1) is 11.6 Å². The average molecular weight is 280 g/mol. The second kappa shape index (κ2) is 6.24. The standard InChI is InChI=1S/C13H14ClN3O2/c1-2-19-12-4-3-10(7-9(12)8-14)16-13(18)11-5-6-15-17-11/h3-7H,2,8H2,1H3,(H,15,17)(H,16,18). The SMILES string of the molecule is CCOc1ccc(NC(=O)c2ccn[nH]2)cc1CCl. The van der Waals surface area contributed by atoms with Crippen molar-refractivity contribution in [3.05, 3.63) is 41.7 Å². The number of rotatable bonds is 5. The highest BCUT2D eigenvalue weighted by atomic mass is 35.5. The summed E-state index contributed by atoms with van der Waals surface area (Å²) in [7, 11) is 0. The first-order valence-corrected chi connectivity index (χ1v) is 6.40. The molecular weight excluding hydrogens is 266 g/mol. The largest absolute Gasteiger partial charge is 0.494 e. The molecule has 0 fully saturated rings. The number of benzene rings is 1. The fraction of sp³-hybridized carbons (Fsp3) is 0.231. The molecule has 0 atom stereocenters. The van der Waals surface area contributed by atoms with Gasteiger partial charge in [0.15, 0.2) is 0 Å². The van der Waals surface area contributed by atoms with Gasteiger partial charge >= 0.3 is 0 Å². The monoisotopic (exact) mass is 279 g/mol. The fourth-order valence-corrected chi connectivity index (χ4v) is 1.85. The van der Waals surface area contributed by atoms with Crippen molar-refractivity contribution in [2.45, 2.75) is 12.8 Å². The number of carbonyl (C=O) groups excluding carboxylic acids is 1. The third kappa shape index (κ3) is 3.26. The van der Waals surface area contributed by atoms with Gasteiger partial charge in [0.25, 0.3) is 5.91 Å². The van der Waals surface area contributed by atoms with Gasteiger partial charge in [-0.25, -0.2) is 0 Å². The van der Waals surface area contributed by atoms with Crippen molar-refractivity contribution >= 4 is 23.2 Å². The molecule has 0 unspecified atom stereocenters. The average Bonchev–Trinajstić information content (AvgIpc) is 2.94. The minimum Gasteiger partial charge on any atom is -0.494 e. The third-order valence-electron chi connectivity index (χ3n) is 2.51. The number of carbonyl (C=O) groups is 1. The van der Waals surface area contributed by atoms with E-state index in [2.05, 4.69) is 15.5 Å². The maximum atomic E-state index is 11.8. The van der Waals surface area contributed by atoms with E-state index < -0.39 is 0 Å². The van der Waals surface area contributed by atoms with Crippen molar-refractivity contribution in [3.8, 4) is 5.75 Å². The van der Waals surface area contributed by atoms with Crippen LogP contribution in [0.3, 0.4) is 0 Å². The second-order valence-corrected chi connectivity index (χ2v) is 4.08. The molecule has 0 spiro atoms. The molecular formula is C13H14ClN3O2. The van der Waals surface area contributed by atoms with Gasteiger partial charge in [0, 0.05) is 17.4 Å². The number of halogens is 1. The molecule has 2 N–H and O–H groups in total. The van der Waals surface area contributed by atoms with Gasteiger partial charge in [-0.3, -0.25) is 9.89 Å². The van der Waals surface area contributed by atoms with E-state index in [1.807, 2.05) is 6.92 Å². The Morgan fingerprint density at radius 1 is 1.47 bits per heavy atom. The smallest absolute Gasteiger partial charge is 0.273 e. The minimum absolute atomic E-state index is 0.248. The molecule has 100 valence electrons. The zero-order valence-electron chi connectivity index (χ0n) is 10.4. The van der Waals surface area contributed by atoms with Crippen molar-refractivity contribution in [1.29, 1.82) is 0 Å². The molecule has 1 aromatic heterocycles. The molecule has 0 radical (unpaired) electrons. The first kappa shape index (κ1) is 13.4. The first-order valence-electron chi connectivity index (χ1n) is 5.87. The van der Waals surface area contributed by atoms with Crippen LogP contribution in [-0.2, 0) is 5.88 Å². The second-order valence-electron chi connectivity index (χ2n) is 3.81. The Kier molecular flexibility index (Phi) is 4.41. The number of alkyl halides is 1. The summed E-state index contributed by atoms with van der Waals surface area (Å²) in [5, 5.41) is 9.10. The molecule has 1 amide bonds. The highest BCUT2D eigenvalue weighted by molar-refractivity contribution is 6.17. The number of aromatic nitrogens is 2. The van der Waals surface area contributed by atoms with E-state index in [9.17, 15) is 4.79 Å². The Labute approximate surface area is 115 Å². The molecule has 19 heavy (non-hydrogen) atoms. The maximum absolute atomic E-state index is 11.8. The van der Waals surface area contributed by atoms with Gasteiger partial charge in [-0.2, -0.15) is 5.10 Å². The van der Waals surface area contributed by atoms with Crippen molar-refractivity contribution in [2.75, 3.05) is 11.9 Å². The van der Waals surface area contributed by atoms with Crippen LogP contribution in [0.5, 0.6) is 5.75 Å². The van der Waals surface area contributed by atoms with Gasteiger partial charge in [0.2, 0.25) is 0 Å². The summed E-state index contributed by atoms with van der Waals surface area (Å²) in [6.45, 7) is 2.48. The van der Waals surface area contributed by atoms with E-state index in [0.29, 0.717) is 23.9 Å². The lowest BCUT2D eigenvalue weighted by Gasteiger charge is -2.10. The molecule has 2 aromatic rings. The Balaban J connectivity index is 2.15. The lowest BCUT2D eigenvalue weighted by molar-refractivity contribution is 0.102. The number of nitrogens with zero attached hydrogens (tertiary/aromatic N) is 1. The van der Waals surface area contributed by atoms with Crippen molar-refractivity contribution in [2.24, 2.45) is 0 Å². The van der Waals surface area contributed by atoms with Crippen LogP contribution in [0.25, 0.3) is 0 Å². The van der Waals surface area contributed by atoms with E-state index in [1.54, 1.807) is 24.3 Å². The summed E-state index contributed by atoms with van der Waals surface area (Å²) in [5.41, 5.74) is 1.91. The highest BCUT2D eigenvalue weighted by Crippen LogP contribution is 2.24. The summed E-state index contributed by atoms with van der Waals surface area (Å²) in [6, 6.07) is 6.97. The quantitative estimate of drug-likeness (QED) is 0.827. The van der Waals surface area contributed by atoms with Crippen molar-refractivity contribution < 1.29 is 9.53 Å². The summed E-state index contributed by atoms with van der Waals surface area (Å²) in [5.74, 6) is 0.808. The van der Waals surface area contributed by atoms with Gasteiger partial charge < -0.3 is 10.1 Å². The molecule has 0 aliphatic carbocycles. The van der Waals surface area contributed by atoms with E-state index in [4.69, 9.17) is 16.3 Å². The fourth-order valence-electron chi connectivity index (χ4n) is 1.64. The van der Waals surface area contributed by atoms with E-state index in [0.717, 1.165) is 11.3 Å². The Morgan fingerprint density at radius 2 is 2.32 bits per heavy atom. The van der Waals surface area contributed by atoms with Crippen LogP contribution in [0.15, 0.2) is 30.5 Å². The number of nitrogens with one attached hydrogen (secondary N) is 2. The molecule has 0 bridgehead atoms. The minimum atomic E-state index is -0.248. The van der Waals surface area contributed by atoms with E-state index >= 15 is 0 Å². The Hall–Kier alpha value is -2.01. The number of hydrogen-bond acceptors (Lipinski definition) is 3. The highest BCUT2D eigenvalue weighted by Gasteiger charge is 2.09.